The number of rotatable bonds is 9. The molecule has 13 aromatic rings. The zero-order chi connectivity index (χ0) is 41.9. The van der Waals surface area contributed by atoms with Crippen LogP contribution in [0.4, 0.5) is 0 Å². The third kappa shape index (κ3) is 5.02. The van der Waals surface area contributed by atoms with Crippen LogP contribution in [-0.2, 0) is 0 Å². The molecule has 0 atom stereocenters. The molecule has 0 aliphatic rings. The van der Waals surface area contributed by atoms with Crippen molar-refractivity contribution >= 4 is 97.0 Å². The Bertz CT molecular complexity index is 3710. The SMILES string of the molecule is CCOc1ccc(-c2ccc3c4ccc5c6c(-c7ccc(OCC)cc7)c7c8cccc9cccc(c7c(-c7ccc(OCC)cc7)c6c6ccc(c7cccc2c73)c4c65)c98)cc1. The standard InChI is InChI=1S/C60H42O3/c1-4-61-38-22-16-34(17-23-38)41-28-29-44-46-31-33-50-56-49(32-30-45(55(46)56)43-13-9-12-42(41)54(43)44)59-52(36-18-24-39(25-19-36)62-5-2)57-47-14-7-10-35-11-8-15-48(51(35)47)58(57)53(60(50)59)37-20-26-40(27-21-37)63-6-3/h7-33H,4-6H2,1-3H3. The molecule has 3 nitrogen and oxygen atoms in total. The van der Waals surface area contributed by atoms with Crippen LogP contribution in [0.5, 0.6) is 17.2 Å². The largest absolute Gasteiger partial charge is 0.494 e. The van der Waals surface area contributed by atoms with Crippen molar-refractivity contribution in [2.45, 2.75) is 20.8 Å². The molecule has 0 fully saturated rings. The second-order valence-corrected chi connectivity index (χ2v) is 16.8. The first kappa shape index (κ1) is 36.1. The van der Waals surface area contributed by atoms with E-state index in [4.69, 9.17) is 14.2 Å². The molecule has 0 heterocycles. The molecule has 13 rings (SSSR count). The van der Waals surface area contributed by atoms with Crippen molar-refractivity contribution in [3.8, 4) is 50.6 Å². The van der Waals surface area contributed by atoms with E-state index in [2.05, 4.69) is 164 Å². The predicted molar refractivity (Wildman–Crippen MR) is 267 cm³/mol. The van der Waals surface area contributed by atoms with Crippen LogP contribution in [0.3, 0.4) is 0 Å². The first-order valence-electron chi connectivity index (χ1n) is 22.3. The summed E-state index contributed by atoms with van der Waals surface area (Å²) in [6.07, 6.45) is 0. The third-order valence-corrected chi connectivity index (χ3v) is 13.6. The van der Waals surface area contributed by atoms with E-state index < -0.39 is 0 Å². The van der Waals surface area contributed by atoms with Crippen molar-refractivity contribution in [2.75, 3.05) is 19.8 Å². The first-order chi connectivity index (χ1) is 31.1. The highest BCUT2D eigenvalue weighted by Crippen LogP contribution is 2.57. The molecular weight excluding hydrogens is 769 g/mol. The summed E-state index contributed by atoms with van der Waals surface area (Å²) < 4.78 is 17.8. The summed E-state index contributed by atoms with van der Waals surface area (Å²) in [6.45, 7) is 8.01. The number of hydrogen-bond acceptors (Lipinski definition) is 3. The van der Waals surface area contributed by atoms with Crippen molar-refractivity contribution in [1.82, 2.24) is 0 Å². The second-order valence-electron chi connectivity index (χ2n) is 16.8. The van der Waals surface area contributed by atoms with E-state index in [1.807, 2.05) is 20.8 Å². The summed E-state index contributed by atoms with van der Waals surface area (Å²) in [4.78, 5) is 0. The molecule has 13 aromatic carbocycles. The average Bonchev–Trinajstić information content (AvgIpc) is 3.84. The minimum Gasteiger partial charge on any atom is -0.494 e. The molecule has 3 heteroatoms. The summed E-state index contributed by atoms with van der Waals surface area (Å²) >= 11 is 0. The average molecular weight is 811 g/mol. The maximum absolute atomic E-state index is 6.01. The van der Waals surface area contributed by atoms with E-state index in [1.54, 1.807) is 0 Å². The Morgan fingerprint density at radius 2 is 0.619 bits per heavy atom. The Balaban J connectivity index is 1.21. The highest BCUT2D eigenvalue weighted by Gasteiger charge is 2.29. The van der Waals surface area contributed by atoms with Crippen LogP contribution in [0.15, 0.2) is 164 Å². The minimum atomic E-state index is 0.625. The van der Waals surface area contributed by atoms with Crippen LogP contribution in [0.1, 0.15) is 20.8 Å². The van der Waals surface area contributed by atoms with Gasteiger partial charge in [0.1, 0.15) is 17.2 Å². The van der Waals surface area contributed by atoms with Gasteiger partial charge in [-0.2, -0.15) is 0 Å². The molecular formula is C60H42O3. The highest BCUT2D eigenvalue weighted by molar-refractivity contribution is 6.49. The van der Waals surface area contributed by atoms with Gasteiger partial charge in [-0.1, -0.05) is 127 Å². The maximum Gasteiger partial charge on any atom is 0.119 e. The molecule has 0 aliphatic heterocycles. The highest BCUT2D eigenvalue weighted by atomic mass is 16.5. The van der Waals surface area contributed by atoms with E-state index in [1.165, 1.54) is 130 Å². The fourth-order valence-electron chi connectivity index (χ4n) is 11.3. The molecule has 0 saturated heterocycles. The van der Waals surface area contributed by atoms with Gasteiger partial charge in [0, 0.05) is 0 Å². The van der Waals surface area contributed by atoms with Gasteiger partial charge in [0.05, 0.1) is 19.8 Å². The number of hydrogen-bond donors (Lipinski definition) is 0. The van der Waals surface area contributed by atoms with E-state index >= 15 is 0 Å². The van der Waals surface area contributed by atoms with Crippen LogP contribution in [0, 0.1) is 0 Å². The summed E-state index contributed by atoms with van der Waals surface area (Å²) in [5, 5.41) is 23.2. The lowest BCUT2D eigenvalue weighted by atomic mass is 9.86. The van der Waals surface area contributed by atoms with Gasteiger partial charge in [0.15, 0.2) is 0 Å². The Hall–Kier alpha value is -7.62. The Morgan fingerprint density at radius 3 is 1.11 bits per heavy atom. The summed E-state index contributed by atoms with van der Waals surface area (Å²) in [5.74, 6) is 2.66. The summed E-state index contributed by atoms with van der Waals surface area (Å²) in [6, 6.07) is 61.0. The quantitative estimate of drug-likeness (QED) is 0.107. The molecule has 0 aromatic heterocycles. The molecule has 0 amide bonds. The fraction of sp³-hybridized carbons (Fsp3) is 0.100. The molecule has 0 N–H and O–H groups in total. The van der Waals surface area contributed by atoms with Crippen molar-refractivity contribution in [2.24, 2.45) is 0 Å². The second kappa shape index (κ2) is 13.7. The van der Waals surface area contributed by atoms with Crippen molar-refractivity contribution in [1.29, 1.82) is 0 Å². The smallest absolute Gasteiger partial charge is 0.119 e. The van der Waals surface area contributed by atoms with Gasteiger partial charge in [-0.15, -0.1) is 0 Å². The molecule has 0 bridgehead atoms. The van der Waals surface area contributed by atoms with Crippen LogP contribution in [0.25, 0.3) is 130 Å². The van der Waals surface area contributed by atoms with Gasteiger partial charge in [-0.3, -0.25) is 0 Å². The Morgan fingerprint density at radius 1 is 0.270 bits per heavy atom. The number of ether oxygens (including phenoxy) is 3. The van der Waals surface area contributed by atoms with Crippen LogP contribution >= 0.6 is 0 Å². The summed E-state index contributed by atoms with van der Waals surface area (Å²) in [5.41, 5.74) is 7.33. The lowest BCUT2D eigenvalue weighted by Crippen LogP contribution is -1.92. The van der Waals surface area contributed by atoms with E-state index in [0.29, 0.717) is 19.8 Å². The van der Waals surface area contributed by atoms with Crippen LogP contribution < -0.4 is 14.2 Å². The van der Waals surface area contributed by atoms with Gasteiger partial charge in [-0.05, 0) is 188 Å². The number of fused-ring (bicyclic) bond motifs is 8. The molecule has 0 spiro atoms. The van der Waals surface area contributed by atoms with Gasteiger partial charge in [0.25, 0.3) is 0 Å². The van der Waals surface area contributed by atoms with Crippen molar-refractivity contribution < 1.29 is 14.2 Å². The minimum absolute atomic E-state index is 0.625. The van der Waals surface area contributed by atoms with E-state index in [0.717, 1.165) is 17.2 Å². The van der Waals surface area contributed by atoms with Crippen molar-refractivity contribution in [3.63, 3.8) is 0 Å². The molecule has 300 valence electrons. The fourth-order valence-corrected chi connectivity index (χ4v) is 11.3. The topological polar surface area (TPSA) is 27.7 Å². The summed E-state index contributed by atoms with van der Waals surface area (Å²) in [7, 11) is 0. The molecule has 0 saturated carbocycles. The molecule has 0 aliphatic carbocycles. The Kier molecular flexibility index (Phi) is 7.84. The van der Waals surface area contributed by atoms with E-state index in [-0.39, 0.29) is 0 Å². The molecule has 0 unspecified atom stereocenters. The lowest BCUT2D eigenvalue weighted by molar-refractivity contribution is 0.340. The number of benzene rings is 11. The van der Waals surface area contributed by atoms with Gasteiger partial charge >= 0.3 is 0 Å². The molecule has 0 radical (unpaired) electrons. The van der Waals surface area contributed by atoms with E-state index in [9.17, 15) is 0 Å². The third-order valence-electron chi connectivity index (χ3n) is 13.6. The van der Waals surface area contributed by atoms with Gasteiger partial charge in [-0.25, -0.2) is 0 Å². The van der Waals surface area contributed by atoms with Gasteiger partial charge in [0.2, 0.25) is 0 Å². The van der Waals surface area contributed by atoms with Crippen LogP contribution in [-0.4, -0.2) is 19.8 Å². The normalized spacial score (nSPS) is 12.2. The van der Waals surface area contributed by atoms with Gasteiger partial charge < -0.3 is 14.2 Å². The monoisotopic (exact) mass is 810 g/mol. The predicted octanol–water partition coefficient (Wildman–Crippen LogP) is 16.6. The zero-order valence-electron chi connectivity index (χ0n) is 35.4. The zero-order valence-corrected chi connectivity index (χ0v) is 35.4. The van der Waals surface area contributed by atoms with Crippen molar-refractivity contribution in [3.05, 3.63) is 164 Å². The maximum atomic E-state index is 6.01. The Labute approximate surface area is 364 Å². The lowest BCUT2D eigenvalue weighted by Gasteiger charge is -2.17. The molecule has 63 heavy (non-hydrogen) atoms. The first-order valence-corrected chi connectivity index (χ1v) is 22.3. The van der Waals surface area contributed by atoms with Crippen LogP contribution in [0.2, 0.25) is 0 Å².